The van der Waals surface area contributed by atoms with Gasteiger partial charge in [0, 0.05) is 4.47 Å². The molecule has 0 aliphatic heterocycles. The van der Waals surface area contributed by atoms with Crippen molar-refractivity contribution >= 4 is 44.6 Å². The average Bonchev–Trinajstić information content (AvgIpc) is 2.82. The third-order valence-corrected chi connectivity index (χ3v) is 4.07. The molecule has 2 rings (SSSR count). The van der Waals surface area contributed by atoms with Gasteiger partial charge in [-0.15, -0.1) is 0 Å². The van der Waals surface area contributed by atoms with Crippen LogP contribution in [0.3, 0.4) is 0 Å². The van der Waals surface area contributed by atoms with E-state index < -0.39 is 0 Å². The SMILES string of the molecule is CCOC(=O)c1sc(NN=Cc2ccc(Br)cc2)nc1C. The number of hydrazone groups is 1. The molecule has 2 aromatic rings. The first kappa shape index (κ1) is 15.7. The number of rotatable bonds is 5. The summed E-state index contributed by atoms with van der Waals surface area (Å²) in [5.41, 5.74) is 4.42. The van der Waals surface area contributed by atoms with Crippen molar-refractivity contribution in [1.29, 1.82) is 0 Å². The topological polar surface area (TPSA) is 63.6 Å². The lowest BCUT2D eigenvalue weighted by atomic mass is 10.2. The summed E-state index contributed by atoms with van der Waals surface area (Å²) >= 11 is 4.60. The highest BCUT2D eigenvalue weighted by Gasteiger charge is 2.15. The first-order chi connectivity index (χ1) is 10.1. The number of anilines is 1. The van der Waals surface area contributed by atoms with E-state index in [0.29, 0.717) is 22.3 Å². The number of benzene rings is 1. The smallest absolute Gasteiger partial charge is 0.350 e. The number of aryl methyl sites for hydroxylation is 1. The molecule has 7 heteroatoms. The zero-order valence-corrected chi connectivity index (χ0v) is 14.0. The van der Waals surface area contributed by atoms with Gasteiger partial charge in [-0.1, -0.05) is 39.4 Å². The molecule has 0 bridgehead atoms. The molecule has 0 atom stereocenters. The molecule has 110 valence electrons. The Bertz CT molecular complexity index is 653. The Morgan fingerprint density at radius 3 is 2.86 bits per heavy atom. The van der Waals surface area contributed by atoms with E-state index in [2.05, 4.69) is 31.4 Å². The van der Waals surface area contributed by atoms with Crippen molar-refractivity contribution in [2.75, 3.05) is 12.0 Å². The second-order valence-electron chi connectivity index (χ2n) is 4.08. The molecule has 0 unspecified atom stereocenters. The molecule has 0 saturated carbocycles. The number of hydrogen-bond donors (Lipinski definition) is 1. The number of hydrogen-bond acceptors (Lipinski definition) is 6. The Hall–Kier alpha value is -1.73. The van der Waals surface area contributed by atoms with Crippen LogP contribution >= 0.6 is 27.3 Å². The fourth-order valence-corrected chi connectivity index (χ4v) is 2.62. The van der Waals surface area contributed by atoms with Gasteiger partial charge in [0.05, 0.1) is 18.5 Å². The first-order valence-electron chi connectivity index (χ1n) is 6.29. The zero-order valence-electron chi connectivity index (χ0n) is 11.6. The second kappa shape index (κ2) is 7.33. The van der Waals surface area contributed by atoms with Gasteiger partial charge >= 0.3 is 5.97 Å². The molecule has 0 fully saturated rings. The summed E-state index contributed by atoms with van der Waals surface area (Å²) in [6, 6.07) is 7.75. The van der Waals surface area contributed by atoms with Gasteiger partial charge in [0.2, 0.25) is 5.13 Å². The van der Waals surface area contributed by atoms with E-state index in [4.69, 9.17) is 4.74 Å². The van der Waals surface area contributed by atoms with Crippen molar-refractivity contribution in [2.45, 2.75) is 13.8 Å². The lowest BCUT2D eigenvalue weighted by Crippen LogP contribution is -2.03. The molecule has 21 heavy (non-hydrogen) atoms. The van der Waals surface area contributed by atoms with E-state index in [9.17, 15) is 4.79 Å². The van der Waals surface area contributed by atoms with Gasteiger partial charge < -0.3 is 4.74 Å². The minimum Gasteiger partial charge on any atom is -0.462 e. The quantitative estimate of drug-likeness (QED) is 0.495. The second-order valence-corrected chi connectivity index (χ2v) is 5.99. The van der Waals surface area contributed by atoms with Crippen LogP contribution in [0.2, 0.25) is 0 Å². The van der Waals surface area contributed by atoms with Gasteiger partial charge in [-0.2, -0.15) is 5.10 Å². The number of carbonyl (C=O) groups is 1. The van der Waals surface area contributed by atoms with Crippen molar-refractivity contribution < 1.29 is 9.53 Å². The largest absolute Gasteiger partial charge is 0.462 e. The summed E-state index contributed by atoms with van der Waals surface area (Å²) in [5.74, 6) is -0.350. The number of halogens is 1. The fraction of sp³-hybridized carbons (Fsp3) is 0.214. The van der Waals surface area contributed by atoms with Crippen LogP contribution in [0.4, 0.5) is 5.13 Å². The Morgan fingerprint density at radius 1 is 1.48 bits per heavy atom. The van der Waals surface area contributed by atoms with Crippen LogP contribution in [0, 0.1) is 6.92 Å². The van der Waals surface area contributed by atoms with Gasteiger partial charge in [0.15, 0.2) is 0 Å². The van der Waals surface area contributed by atoms with Crippen LogP contribution in [0.5, 0.6) is 0 Å². The highest BCUT2D eigenvalue weighted by molar-refractivity contribution is 9.10. The number of esters is 1. The lowest BCUT2D eigenvalue weighted by Gasteiger charge is -1.97. The lowest BCUT2D eigenvalue weighted by molar-refractivity contribution is 0.0531. The molecule has 1 aromatic carbocycles. The Morgan fingerprint density at radius 2 is 2.19 bits per heavy atom. The van der Waals surface area contributed by atoms with Crippen LogP contribution < -0.4 is 5.43 Å². The molecule has 1 aromatic heterocycles. The summed E-state index contributed by atoms with van der Waals surface area (Å²) in [6.45, 7) is 3.89. The molecule has 0 spiro atoms. The number of ether oxygens (including phenoxy) is 1. The maximum absolute atomic E-state index is 11.7. The number of thiazole rings is 1. The average molecular weight is 368 g/mol. The molecule has 1 heterocycles. The Kier molecular flexibility index (Phi) is 5.46. The van der Waals surface area contributed by atoms with E-state index >= 15 is 0 Å². The predicted octanol–water partition coefficient (Wildman–Crippen LogP) is 3.84. The normalized spacial score (nSPS) is 10.8. The summed E-state index contributed by atoms with van der Waals surface area (Å²) < 4.78 is 5.98. The van der Waals surface area contributed by atoms with Crippen LogP contribution in [-0.2, 0) is 4.74 Å². The van der Waals surface area contributed by atoms with Crippen molar-refractivity contribution in [2.24, 2.45) is 5.10 Å². The zero-order chi connectivity index (χ0) is 15.2. The summed E-state index contributed by atoms with van der Waals surface area (Å²) in [6.07, 6.45) is 1.69. The minimum absolute atomic E-state index is 0.348. The van der Waals surface area contributed by atoms with E-state index in [1.165, 1.54) is 11.3 Å². The number of aromatic nitrogens is 1. The molecular weight excluding hydrogens is 354 g/mol. The maximum Gasteiger partial charge on any atom is 0.350 e. The molecule has 5 nitrogen and oxygen atoms in total. The molecule has 0 saturated heterocycles. The summed E-state index contributed by atoms with van der Waals surface area (Å²) in [5, 5.41) is 4.67. The molecule has 1 N–H and O–H groups in total. The number of nitrogens with one attached hydrogen (secondary N) is 1. The monoisotopic (exact) mass is 367 g/mol. The molecule has 0 radical (unpaired) electrons. The van der Waals surface area contributed by atoms with Gasteiger partial charge in [0.25, 0.3) is 0 Å². The van der Waals surface area contributed by atoms with Crippen LogP contribution in [-0.4, -0.2) is 23.8 Å². The van der Waals surface area contributed by atoms with Gasteiger partial charge in [-0.3, -0.25) is 5.43 Å². The van der Waals surface area contributed by atoms with Crippen LogP contribution in [0.25, 0.3) is 0 Å². The van der Waals surface area contributed by atoms with Crippen molar-refractivity contribution in [3.8, 4) is 0 Å². The van der Waals surface area contributed by atoms with Gasteiger partial charge in [-0.05, 0) is 31.5 Å². The van der Waals surface area contributed by atoms with Crippen LogP contribution in [0.1, 0.15) is 27.9 Å². The molecule has 0 aliphatic carbocycles. The van der Waals surface area contributed by atoms with Crippen molar-refractivity contribution in [3.63, 3.8) is 0 Å². The van der Waals surface area contributed by atoms with E-state index in [0.717, 1.165) is 10.0 Å². The Balaban J connectivity index is 2.02. The minimum atomic E-state index is -0.350. The van der Waals surface area contributed by atoms with E-state index in [1.807, 2.05) is 24.3 Å². The standard InChI is InChI=1S/C14H14BrN3O2S/c1-3-20-13(19)12-9(2)17-14(21-12)18-16-8-10-4-6-11(15)7-5-10/h4-8H,3H2,1-2H3,(H,17,18). The third kappa shape index (κ3) is 4.37. The van der Waals surface area contributed by atoms with Crippen molar-refractivity contribution in [1.82, 2.24) is 4.98 Å². The summed E-state index contributed by atoms with van der Waals surface area (Å²) in [4.78, 5) is 16.4. The summed E-state index contributed by atoms with van der Waals surface area (Å²) in [7, 11) is 0. The van der Waals surface area contributed by atoms with E-state index in [-0.39, 0.29) is 5.97 Å². The third-order valence-electron chi connectivity index (χ3n) is 2.50. The predicted molar refractivity (Wildman–Crippen MR) is 88.2 cm³/mol. The first-order valence-corrected chi connectivity index (χ1v) is 7.90. The molecular formula is C14H14BrN3O2S. The number of nitrogens with zero attached hydrogens (tertiary/aromatic N) is 2. The number of carbonyl (C=O) groups excluding carboxylic acids is 1. The van der Waals surface area contributed by atoms with Crippen molar-refractivity contribution in [3.05, 3.63) is 44.9 Å². The van der Waals surface area contributed by atoms with E-state index in [1.54, 1.807) is 20.1 Å². The van der Waals surface area contributed by atoms with Gasteiger partial charge in [-0.25, -0.2) is 9.78 Å². The highest BCUT2D eigenvalue weighted by Crippen LogP contribution is 2.23. The maximum atomic E-state index is 11.7. The highest BCUT2D eigenvalue weighted by atomic mass is 79.9. The molecule has 0 amide bonds. The van der Waals surface area contributed by atoms with Gasteiger partial charge in [0.1, 0.15) is 4.88 Å². The van der Waals surface area contributed by atoms with Crippen LogP contribution in [0.15, 0.2) is 33.8 Å². The fourth-order valence-electron chi connectivity index (χ4n) is 1.54. The molecule has 0 aliphatic rings. The Labute approximate surface area is 135 Å².